The van der Waals surface area contributed by atoms with E-state index in [2.05, 4.69) is 19.8 Å². The maximum Gasteiger partial charge on any atom is 0.309 e. The average molecular weight is 426 g/mol. The molecular formula is C21H23N5O3S. The fourth-order valence-electron chi connectivity index (χ4n) is 4.23. The Labute approximate surface area is 177 Å². The van der Waals surface area contributed by atoms with Crippen LogP contribution >= 0.6 is 11.3 Å². The second-order valence-corrected chi connectivity index (χ2v) is 8.55. The van der Waals surface area contributed by atoms with Crippen molar-refractivity contribution in [3.8, 4) is 10.7 Å². The fourth-order valence-corrected chi connectivity index (χ4v) is 5.20. The average Bonchev–Trinajstić information content (AvgIpc) is 3.34. The normalized spacial score (nSPS) is 17.1. The highest BCUT2D eigenvalue weighted by Gasteiger charge is 2.28. The van der Waals surface area contributed by atoms with Gasteiger partial charge in [-0.15, -0.1) is 0 Å². The van der Waals surface area contributed by atoms with Gasteiger partial charge in [0.1, 0.15) is 0 Å². The first-order valence-corrected chi connectivity index (χ1v) is 11.1. The zero-order chi connectivity index (χ0) is 20.7. The summed E-state index contributed by atoms with van der Waals surface area (Å²) in [5.41, 5.74) is 2.37. The van der Waals surface area contributed by atoms with Gasteiger partial charge in [-0.1, -0.05) is 17.4 Å². The number of piperidine rings is 1. The van der Waals surface area contributed by atoms with Crippen LogP contribution in [0, 0.1) is 5.92 Å². The summed E-state index contributed by atoms with van der Waals surface area (Å²) in [5.74, 6) is 0.685. The second kappa shape index (κ2) is 7.71. The van der Waals surface area contributed by atoms with Gasteiger partial charge in [-0.05, 0) is 31.9 Å². The molecule has 2 aliphatic rings. The van der Waals surface area contributed by atoms with Crippen molar-refractivity contribution in [1.82, 2.24) is 19.9 Å². The number of anilines is 1. The predicted octanol–water partition coefficient (Wildman–Crippen LogP) is 2.68. The fraction of sp³-hybridized carbons (Fsp3) is 0.429. The standard InChI is InChI=1S/C21H23N5O3S/c1-2-29-20(28)13-6-9-25(10-7-13)21-23-12-16(30-21)18-24-15-5-3-4-14-17(15)26(18)11-8-22-19(14)27/h3-5,12-13H,2,6-11H2,1H3,(H,22,27). The Morgan fingerprint density at radius 1 is 1.30 bits per heavy atom. The van der Waals surface area contributed by atoms with Crippen molar-refractivity contribution in [2.45, 2.75) is 26.3 Å². The number of para-hydroxylation sites is 1. The summed E-state index contributed by atoms with van der Waals surface area (Å²) in [5, 5.41) is 3.89. The molecule has 2 aliphatic heterocycles. The van der Waals surface area contributed by atoms with Crippen LogP contribution in [0.15, 0.2) is 24.4 Å². The van der Waals surface area contributed by atoms with Crippen LogP contribution in [0.5, 0.6) is 0 Å². The molecule has 1 amide bonds. The Bertz CT molecular complexity index is 1110. The molecule has 0 unspecified atom stereocenters. The van der Waals surface area contributed by atoms with Crippen LogP contribution in [-0.4, -0.2) is 52.7 Å². The second-order valence-electron chi connectivity index (χ2n) is 7.54. The van der Waals surface area contributed by atoms with Gasteiger partial charge in [0.15, 0.2) is 11.0 Å². The summed E-state index contributed by atoms with van der Waals surface area (Å²) < 4.78 is 7.28. The van der Waals surface area contributed by atoms with Crippen molar-refractivity contribution in [2.24, 2.45) is 5.92 Å². The number of esters is 1. The molecule has 9 heteroatoms. The van der Waals surface area contributed by atoms with Crippen molar-refractivity contribution in [1.29, 1.82) is 0 Å². The molecule has 3 aromatic rings. The Morgan fingerprint density at radius 2 is 2.13 bits per heavy atom. The largest absolute Gasteiger partial charge is 0.466 e. The number of rotatable bonds is 4. The number of ether oxygens (including phenoxy) is 1. The smallest absolute Gasteiger partial charge is 0.309 e. The first-order valence-electron chi connectivity index (χ1n) is 10.3. The molecule has 1 fully saturated rings. The number of thiazole rings is 1. The van der Waals surface area contributed by atoms with Crippen LogP contribution in [-0.2, 0) is 16.1 Å². The lowest BCUT2D eigenvalue weighted by molar-refractivity contribution is -0.148. The minimum Gasteiger partial charge on any atom is -0.466 e. The highest BCUT2D eigenvalue weighted by atomic mass is 32.1. The molecule has 0 radical (unpaired) electrons. The van der Waals surface area contributed by atoms with Crippen molar-refractivity contribution < 1.29 is 14.3 Å². The number of nitrogens with one attached hydrogen (secondary N) is 1. The first-order chi connectivity index (χ1) is 14.7. The van der Waals surface area contributed by atoms with Gasteiger partial charge in [0, 0.05) is 26.2 Å². The molecule has 0 atom stereocenters. The zero-order valence-electron chi connectivity index (χ0n) is 16.8. The molecule has 1 N–H and O–H groups in total. The van der Waals surface area contributed by atoms with Crippen LogP contribution in [0.2, 0.25) is 0 Å². The van der Waals surface area contributed by atoms with E-state index in [0.29, 0.717) is 25.3 Å². The number of carbonyl (C=O) groups is 2. The SMILES string of the molecule is CCOC(=O)C1CCN(c2ncc(-c3nc4cccc5c4n3CCNC5=O)s2)CC1. The number of amides is 1. The van der Waals surface area contributed by atoms with E-state index in [1.54, 1.807) is 11.3 Å². The van der Waals surface area contributed by atoms with Crippen molar-refractivity contribution in [2.75, 3.05) is 31.1 Å². The van der Waals surface area contributed by atoms with E-state index in [0.717, 1.165) is 52.8 Å². The summed E-state index contributed by atoms with van der Waals surface area (Å²) in [7, 11) is 0. The Kier molecular flexibility index (Phi) is 4.90. The molecule has 0 aliphatic carbocycles. The van der Waals surface area contributed by atoms with Gasteiger partial charge in [0.25, 0.3) is 5.91 Å². The van der Waals surface area contributed by atoms with Gasteiger partial charge in [0.05, 0.1) is 40.2 Å². The van der Waals surface area contributed by atoms with Crippen LogP contribution in [0.4, 0.5) is 5.13 Å². The molecular weight excluding hydrogens is 402 g/mol. The Hall–Kier alpha value is -2.94. The maximum atomic E-state index is 12.4. The van der Waals surface area contributed by atoms with Gasteiger partial charge in [0.2, 0.25) is 0 Å². The highest BCUT2D eigenvalue weighted by Crippen LogP contribution is 2.35. The van der Waals surface area contributed by atoms with Crippen LogP contribution < -0.4 is 10.2 Å². The monoisotopic (exact) mass is 425 g/mol. The van der Waals surface area contributed by atoms with E-state index in [1.165, 1.54) is 0 Å². The van der Waals surface area contributed by atoms with E-state index in [9.17, 15) is 9.59 Å². The molecule has 5 rings (SSSR count). The van der Waals surface area contributed by atoms with Crippen molar-refractivity contribution in [3.05, 3.63) is 30.0 Å². The number of hydrogen-bond acceptors (Lipinski definition) is 7. The van der Waals surface area contributed by atoms with Crippen LogP contribution in [0.3, 0.4) is 0 Å². The number of benzene rings is 1. The molecule has 0 spiro atoms. The third kappa shape index (κ3) is 3.23. The highest BCUT2D eigenvalue weighted by molar-refractivity contribution is 7.18. The molecule has 4 heterocycles. The molecule has 0 saturated carbocycles. The van der Waals surface area contributed by atoms with E-state index in [1.807, 2.05) is 31.3 Å². The summed E-state index contributed by atoms with van der Waals surface area (Å²) in [6, 6.07) is 5.66. The molecule has 1 saturated heterocycles. The summed E-state index contributed by atoms with van der Waals surface area (Å²) in [6.45, 7) is 5.09. The predicted molar refractivity (Wildman–Crippen MR) is 115 cm³/mol. The number of imidazole rings is 1. The lowest BCUT2D eigenvalue weighted by Gasteiger charge is -2.30. The minimum atomic E-state index is -0.0878. The summed E-state index contributed by atoms with van der Waals surface area (Å²) in [4.78, 5) is 37.0. The zero-order valence-corrected chi connectivity index (χ0v) is 17.6. The van der Waals surface area contributed by atoms with Crippen molar-refractivity contribution >= 4 is 39.4 Å². The van der Waals surface area contributed by atoms with E-state index in [4.69, 9.17) is 9.72 Å². The number of hydrogen-bond donors (Lipinski definition) is 1. The van der Waals surface area contributed by atoms with Crippen molar-refractivity contribution in [3.63, 3.8) is 0 Å². The number of nitrogens with zero attached hydrogens (tertiary/aromatic N) is 4. The summed E-state index contributed by atoms with van der Waals surface area (Å²) in [6.07, 6.45) is 3.43. The van der Waals surface area contributed by atoms with E-state index in [-0.39, 0.29) is 17.8 Å². The molecule has 1 aromatic carbocycles. The molecule has 0 bridgehead atoms. The number of aromatic nitrogens is 3. The molecule has 8 nitrogen and oxygen atoms in total. The van der Waals surface area contributed by atoms with E-state index >= 15 is 0 Å². The van der Waals surface area contributed by atoms with Gasteiger partial charge >= 0.3 is 5.97 Å². The summed E-state index contributed by atoms with van der Waals surface area (Å²) >= 11 is 1.60. The lowest BCUT2D eigenvalue weighted by atomic mass is 9.97. The maximum absolute atomic E-state index is 12.4. The van der Waals surface area contributed by atoms with Gasteiger partial charge in [-0.3, -0.25) is 9.59 Å². The molecule has 2 aromatic heterocycles. The van der Waals surface area contributed by atoms with Crippen LogP contribution in [0.1, 0.15) is 30.1 Å². The Morgan fingerprint density at radius 3 is 2.93 bits per heavy atom. The number of carbonyl (C=O) groups excluding carboxylic acids is 2. The minimum absolute atomic E-state index is 0.0186. The third-order valence-corrected chi connectivity index (χ3v) is 6.79. The van der Waals surface area contributed by atoms with Gasteiger partial charge in [-0.25, -0.2) is 9.97 Å². The van der Waals surface area contributed by atoms with Gasteiger partial charge < -0.3 is 19.5 Å². The lowest BCUT2D eigenvalue weighted by Crippen LogP contribution is -2.36. The van der Waals surface area contributed by atoms with Crippen LogP contribution in [0.25, 0.3) is 21.7 Å². The van der Waals surface area contributed by atoms with Gasteiger partial charge in [-0.2, -0.15) is 0 Å². The first kappa shape index (κ1) is 19.0. The van der Waals surface area contributed by atoms with E-state index < -0.39 is 0 Å². The third-order valence-electron chi connectivity index (χ3n) is 5.73. The quantitative estimate of drug-likeness (QED) is 0.647. The molecule has 156 valence electrons. The Balaban J connectivity index is 1.41. The molecule has 30 heavy (non-hydrogen) atoms. The topological polar surface area (TPSA) is 89.3 Å².